The Kier molecular flexibility index (Phi) is 4.60. The molecule has 18 heavy (non-hydrogen) atoms. The topological polar surface area (TPSA) is 45.0 Å². The van der Waals surface area contributed by atoms with E-state index in [-0.39, 0.29) is 12.1 Å². The van der Waals surface area contributed by atoms with Gasteiger partial charge in [-0.3, -0.25) is 5.32 Å². The van der Waals surface area contributed by atoms with Crippen LogP contribution in [0.1, 0.15) is 30.0 Å². The zero-order chi connectivity index (χ0) is 13.0. The van der Waals surface area contributed by atoms with Crippen LogP contribution in [-0.2, 0) is 4.74 Å². The van der Waals surface area contributed by atoms with E-state index < -0.39 is 0 Å². The summed E-state index contributed by atoms with van der Waals surface area (Å²) in [6.07, 6.45) is 2.43. The van der Waals surface area contributed by atoms with Crippen molar-refractivity contribution in [1.29, 1.82) is 5.26 Å². The molecule has 96 valence electrons. The molecule has 4 heteroatoms. The van der Waals surface area contributed by atoms with Gasteiger partial charge in [0, 0.05) is 18.2 Å². The molecule has 1 aliphatic rings. The van der Waals surface area contributed by atoms with E-state index in [9.17, 15) is 5.26 Å². The largest absolute Gasteiger partial charge is 0.377 e. The van der Waals surface area contributed by atoms with E-state index in [4.69, 9.17) is 16.3 Å². The van der Waals surface area contributed by atoms with Crippen LogP contribution in [0.4, 0.5) is 0 Å². The molecule has 0 aliphatic carbocycles. The zero-order valence-corrected chi connectivity index (χ0v) is 11.2. The molecule has 1 aromatic carbocycles. The summed E-state index contributed by atoms with van der Waals surface area (Å²) < 4.78 is 5.54. The first-order valence-corrected chi connectivity index (χ1v) is 6.59. The van der Waals surface area contributed by atoms with Crippen LogP contribution in [0.2, 0.25) is 5.02 Å². The highest BCUT2D eigenvalue weighted by Crippen LogP contribution is 2.21. The fourth-order valence-electron chi connectivity index (χ4n) is 2.24. The third-order valence-corrected chi connectivity index (χ3v) is 3.48. The maximum Gasteiger partial charge on any atom is 0.121 e. The van der Waals surface area contributed by atoms with Crippen molar-refractivity contribution in [2.24, 2.45) is 0 Å². The molecule has 1 fully saturated rings. The van der Waals surface area contributed by atoms with Crippen molar-refractivity contribution >= 4 is 11.6 Å². The predicted octanol–water partition coefficient (Wildman–Crippen LogP) is 2.98. The van der Waals surface area contributed by atoms with Crippen molar-refractivity contribution in [3.05, 3.63) is 34.3 Å². The quantitative estimate of drug-likeness (QED) is 0.909. The van der Waals surface area contributed by atoms with Crippen molar-refractivity contribution in [3.8, 4) is 6.07 Å². The molecule has 0 saturated carbocycles. The minimum Gasteiger partial charge on any atom is -0.377 e. The lowest BCUT2D eigenvalue weighted by atomic mass is 10.0. The van der Waals surface area contributed by atoms with E-state index >= 15 is 0 Å². The number of nitriles is 1. The number of nitrogens with zero attached hydrogens (tertiary/aromatic N) is 1. The maximum absolute atomic E-state index is 9.26. The molecule has 1 aromatic rings. The van der Waals surface area contributed by atoms with Gasteiger partial charge in [-0.1, -0.05) is 17.7 Å². The van der Waals surface area contributed by atoms with Crippen molar-refractivity contribution in [2.75, 3.05) is 13.2 Å². The molecule has 0 amide bonds. The summed E-state index contributed by atoms with van der Waals surface area (Å²) in [5, 5.41) is 13.2. The number of hydrogen-bond donors (Lipinski definition) is 1. The summed E-state index contributed by atoms with van der Waals surface area (Å²) in [5.41, 5.74) is 2.02. The van der Waals surface area contributed by atoms with E-state index in [1.807, 2.05) is 25.1 Å². The molecular formula is C14H17ClN2O. The van der Waals surface area contributed by atoms with Crippen LogP contribution < -0.4 is 5.32 Å². The van der Waals surface area contributed by atoms with Gasteiger partial charge >= 0.3 is 0 Å². The van der Waals surface area contributed by atoms with Crippen LogP contribution in [0.25, 0.3) is 0 Å². The fourth-order valence-corrected chi connectivity index (χ4v) is 2.47. The van der Waals surface area contributed by atoms with E-state index in [0.29, 0.717) is 5.02 Å². The Balaban J connectivity index is 2.01. The second kappa shape index (κ2) is 6.19. The van der Waals surface area contributed by atoms with Gasteiger partial charge < -0.3 is 4.74 Å². The third kappa shape index (κ3) is 3.23. The standard InChI is InChI=1S/C14H17ClN2O/c1-10-7-11(15)4-5-13(10)14(8-16)17-9-12-3-2-6-18-12/h4-5,7,12,14,17H,2-3,6,9H2,1H3. The number of rotatable bonds is 4. The number of hydrogen-bond acceptors (Lipinski definition) is 3. The van der Waals surface area contributed by atoms with Crippen LogP contribution in [-0.4, -0.2) is 19.3 Å². The van der Waals surface area contributed by atoms with Crippen molar-refractivity contribution in [1.82, 2.24) is 5.32 Å². The first-order valence-electron chi connectivity index (χ1n) is 6.21. The SMILES string of the molecule is Cc1cc(Cl)ccc1C(C#N)NCC1CCCO1. The molecule has 2 unspecified atom stereocenters. The highest BCUT2D eigenvalue weighted by atomic mass is 35.5. The molecule has 1 N–H and O–H groups in total. The summed E-state index contributed by atoms with van der Waals surface area (Å²) in [7, 11) is 0. The first kappa shape index (κ1) is 13.4. The molecule has 0 aromatic heterocycles. The van der Waals surface area contributed by atoms with Crippen molar-refractivity contribution in [2.45, 2.75) is 31.9 Å². The summed E-state index contributed by atoms with van der Waals surface area (Å²) >= 11 is 5.92. The van der Waals surface area contributed by atoms with Gasteiger partial charge in [-0.2, -0.15) is 5.26 Å². The Labute approximate surface area is 113 Å². The van der Waals surface area contributed by atoms with Crippen LogP contribution in [0.3, 0.4) is 0 Å². The first-order chi connectivity index (χ1) is 8.70. The Morgan fingerprint density at radius 2 is 2.44 bits per heavy atom. The molecule has 0 spiro atoms. The van der Waals surface area contributed by atoms with Crippen LogP contribution in [0.15, 0.2) is 18.2 Å². The lowest BCUT2D eigenvalue weighted by molar-refractivity contribution is 0.109. The van der Waals surface area contributed by atoms with Gasteiger partial charge in [0.1, 0.15) is 6.04 Å². The Morgan fingerprint density at radius 1 is 1.61 bits per heavy atom. The van der Waals surface area contributed by atoms with E-state index in [0.717, 1.165) is 37.1 Å². The lowest BCUT2D eigenvalue weighted by Gasteiger charge is -2.17. The number of nitrogens with one attached hydrogen (secondary N) is 1. The summed E-state index contributed by atoms with van der Waals surface area (Å²) in [6.45, 7) is 3.53. The van der Waals surface area contributed by atoms with Gasteiger partial charge in [-0.05, 0) is 43.0 Å². The molecule has 0 bridgehead atoms. The monoisotopic (exact) mass is 264 g/mol. The molecular weight excluding hydrogens is 248 g/mol. The summed E-state index contributed by atoms with van der Waals surface area (Å²) in [6, 6.07) is 7.61. The number of halogens is 1. The number of ether oxygens (including phenoxy) is 1. The normalized spacial score (nSPS) is 20.6. The van der Waals surface area contributed by atoms with E-state index in [1.54, 1.807) is 0 Å². The van der Waals surface area contributed by atoms with Gasteiger partial charge in [-0.25, -0.2) is 0 Å². The Hall–Kier alpha value is -1.08. The molecule has 3 nitrogen and oxygen atoms in total. The second-order valence-electron chi connectivity index (χ2n) is 4.61. The predicted molar refractivity (Wildman–Crippen MR) is 71.5 cm³/mol. The zero-order valence-electron chi connectivity index (χ0n) is 10.4. The van der Waals surface area contributed by atoms with Crippen LogP contribution in [0, 0.1) is 18.3 Å². The Morgan fingerprint density at radius 3 is 3.06 bits per heavy atom. The average molecular weight is 265 g/mol. The van der Waals surface area contributed by atoms with Crippen molar-refractivity contribution < 1.29 is 4.74 Å². The van der Waals surface area contributed by atoms with E-state index in [1.165, 1.54) is 0 Å². The minimum atomic E-state index is -0.300. The van der Waals surface area contributed by atoms with Gasteiger partial charge in [0.25, 0.3) is 0 Å². The second-order valence-corrected chi connectivity index (χ2v) is 5.04. The van der Waals surface area contributed by atoms with E-state index in [2.05, 4.69) is 11.4 Å². The Bertz CT molecular complexity index is 450. The van der Waals surface area contributed by atoms with Gasteiger partial charge in [0.15, 0.2) is 0 Å². The van der Waals surface area contributed by atoms with Gasteiger partial charge in [0.2, 0.25) is 0 Å². The average Bonchev–Trinajstić information content (AvgIpc) is 2.85. The van der Waals surface area contributed by atoms with Crippen LogP contribution in [0.5, 0.6) is 0 Å². The van der Waals surface area contributed by atoms with Crippen molar-refractivity contribution in [3.63, 3.8) is 0 Å². The van der Waals surface area contributed by atoms with Crippen LogP contribution >= 0.6 is 11.6 Å². The maximum atomic E-state index is 9.26. The lowest BCUT2D eigenvalue weighted by Crippen LogP contribution is -2.29. The molecule has 1 heterocycles. The molecule has 0 radical (unpaired) electrons. The number of benzene rings is 1. The highest BCUT2D eigenvalue weighted by molar-refractivity contribution is 6.30. The molecule has 1 saturated heterocycles. The molecule has 2 rings (SSSR count). The molecule has 2 atom stereocenters. The summed E-state index contributed by atoms with van der Waals surface area (Å²) in [5.74, 6) is 0. The van der Waals surface area contributed by atoms with Gasteiger partial charge in [-0.15, -0.1) is 0 Å². The highest BCUT2D eigenvalue weighted by Gasteiger charge is 2.18. The fraction of sp³-hybridized carbons (Fsp3) is 0.500. The molecule has 1 aliphatic heterocycles. The smallest absolute Gasteiger partial charge is 0.121 e. The third-order valence-electron chi connectivity index (χ3n) is 3.25. The number of aryl methyl sites for hydroxylation is 1. The summed E-state index contributed by atoms with van der Waals surface area (Å²) in [4.78, 5) is 0. The van der Waals surface area contributed by atoms with Gasteiger partial charge in [0.05, 0.1) is 12.2 Å². The minimum absolute atomic E-state index is 0.244.